The summed E-state index contributed by atoms with van der Waals surface area (Å²) in [6.45, 7) is 3.32. The molecule has 0 atom stereocenters. The summed E-state index contributed by atoms with van der Waals surface area (Å²) in [5.74, 6) is 0. The second kappa shape index (κ2) is 4.24. The third-order valence-corrected chi connectivity index (χ3v) is 2.92. The Morgan fingerprint density at radius 3 is 2.67 bits per heavy atom. The van der Waals surface area contributed by atoms with Gasteiger partial charge in [-0.1, -0.05) is 6.08 Å². The third-order valence-electron chi connectivity index (χ3n) is 1.49. The van der Waals surface area contributed by atoms with Crippen molar-refractivity contribution in [2.24, 2.45) is 0 Å². The topological polar surface area (TPSA) is 112 Å². The van der Waals surface area contributed by atoms with Crippen LogP contribution in [0.2, 0.25) is 0 Å². The summed E-state index contributed by atoms with van der Waals surface area (Å²) in [5.41, 5.74) is -1.72. The molecule has 8 heteroatoms. The van der Waals surface area contributed by atoms with Crippen LogP contribution in [0.3, 0.4) is 0 Å². The van der Waals surface area contributed by atoms with E-state index in [2.05, 4.69) is 16.3 Å². The Labute approximate surface area is 84.9 Å². The van der Waals surface area contributed by atoms with Crippen LogP contribution < -0.4 is 16.0 Å². The highest BCUT2D eigenvalue weighted by molar-refractivity contribution is 7.89. The smallest absolute Gasteiger partial charge is 0.313 e. The molecule has 0 fully saturated rings. The van der Waals surface area contributed by atoms with Crippen molar-refractivity contribution in [2.75, 3.05) is 6.54 Å². The minimum atomic E-state index is -3.90. The molecular formula is C7H9N3O4S. The largest absolute Gasteiger partial charge is 0.325 e. The minimum absolute atomic E-state index is 0.000893. The molecule has 0 amide bonds. The van der Waals surface area contributed by atoms with Gasteiger partial charge in [0.2, 0.25) is 10.0 Å². The van der Waals surface area contributed by atoms with E-state index in [0.29, 0.717) is 0 Å². The lowest BCUT2D eigenvalue weighted by Crippen LogP contribution is -2.33. The Morgan fingerprint density at radius 1 is 1.47 bits per heavy atom. The molecule has 0 aliphatic rings. The molecule has 1 aromatic heterocycles. The molecule has 0 aliphatic heterocycles. The van der Waals surface area contributed by atoms with Crippen molar-refractivity contribution < 1.29 is 8.42 Å². The van der Waals surface area contributed by atoms with Crippen LogP contribution in [0.5, 0.6) is 0 Å². The highest BCUT2D eigenvalue weighted by Gasteiger charge is 2.17. The van der Waals surface area contributed by atoms with Gasteiger partial charge in [0.25, 0.3) is 5.56 Å². The second-order valence-electron chi connectivity index (χ2n) is 2.58. The van der Waals surface area contributed by atoms with E-state index in [1.54, 1.807) is 0 Å². The van der Waals surface area contributed by atoms with Crippen molar-refractivity contribution in [1.82, 2.24) is 14.7 Å². The van der Waals surface area contributed by atoms with Gasteiger partial charge in [-0.05, 0) is 0 Å². The summed E-state index contributed by atoms with van der Waals surface area (Å²) in [6, 6.07) is 0. The van der Waals surface area contributed by atoms with Crippen LogP contribution in [0, 0.1) is 0 Å². The van der Waals surface area contributed by atoms with Gasteiger partial charge in [0.05, 0.1) is 0 Å². The molecule has 0 saturated carbocycles. The summed E-state index contributed by atoms with van der Waals surface area (Å²) in [4.78, 5) is 25.1. The molecule has 1 rings (SSSR count). The molecule has 0 unspecified atom stereocenters. The lowest BCUT2D eigenvalue weighted by molar-refractivity contribution is 0.583. The minimum Gasteiger partial charge on any atom is -0.313 e. The van der Waals surface area contributed by atoms with Gasteiger partial charge in [-0.2, -0.15) is 0 Å². The van der Waals surface area contributed by atoms with E-state index >= 15 is 0 Å². The fourth-order valence-corrected chi connectivity index (χ4v) is 1.85. The second-order valence-corrected chi connectivity index (χ2v) is 4.31. The van der Waals surface area contributed by atoms with Gasteiger partial charge in [0.15, 0.2) is 4.90 Å². The Balaban J connectivity index is 3.22. The summed E-state index contributed by atoms with van der Waals surface area (Å²) in [5, 5.41) is 0. The normalized spacial score (nSPS) is 11.2. The van der Waals surface area contributed by atoms with Crippen molar-refractivity contribution in [3.8, 4) is 0 Å². The summed E-state index contributed by atoms with van der Waals surface area (Å²) >= 11 is 0. The van der Waals surface area contributed by atoms with Crippen molar-refractivity contribution in [2.45, 2.75) is 4.90 Å². The van der Waals surface area contributed by atoms with E-state index < -0.39 is 26.2 Å². The molecule has 0 saturated heterocycles. The predicted octanol–water partition coefficient (Wildman–Crippen LogP) is -1.47. The maximum absolute atomic E-state index is 11.4. The predicted molar refractivity (Wildman–Crippen MR) is 53.1 cm³/mol. The van der Waals surface area contributed by atoms with Crippen LogP contribution >= 0.6 is 0 Å². The first kappa shape index (κ1) is 11.4. The first-order valence-electron chi connectivity index (χ1n) is 3.90. The van der Waals surface area contributed by atoms with Gasteiger partial charge < -0.3 is 4.98 Å². The standard InChI is InChI=1S/C7H9N3O4S/c1-2-3-9-15(13,14)5-4-8-7(12)10-6(5)11/h2,4,9H,1,3H2,(H2,8,10,11,12). The first-order valence-corrected chi connectivity index (χ1v) is 5.38. The van der Waals surface area contributed by atoms with Gasteiger partial charge in [0, 0.05) is 12.7 Å². The average molecular weight is 231 g/mol. The molecule has 15 heavy (non-hydrogen) atoms. The van der Waals surface area contributed by atoms with Gasteiger partial charge in [-0.3, -0.25) is 9.78 Å². The van der Waals surface area contributed by atoms with Gasteiger partial charge >= 0.3 is 5.69 Å². The number of hydrogen-bond acceptors (Lipinski definition) is 4. The zero-order chi connectivity index (χ0) is 11.5. The molecule has 7 nitrogen and oxygen atoms in total. The number of aromatic amines is 2. The Morgan fingerprint density at radius 2 is 2.13 bits per heavy atom. The van der Waals surface area contributed by atoms with E-state index in [0.717, 1.165) is 6.20 Å². The third kappa shape index (κ3) is 2.64. The zero-order valence-electron chi connectivity index (χ0n) is 7.61. The number of sulfonamides is 1. The van der Waals surface area contributed by atoms with Crippen LogP contribution in [0.15, 0.2) is 33.3 Å². The Kier molecular flexibility index (Phi) is 3.22. The average Bonchev–Trinajstić information content (AvgIpc) is 2.14. The van der Waals surface area contributed by atoms with Crippen molar-refractivity contribution in [3.05, 3.63) is 39.7 Å². The quantitative estimate of drug-likeness (QED) is 0.549. The fourth-order valence-electron chi connectivity index (χ4n) is 0.843. The van der Waals surface area contributed by atoms with E-state index in [-0.39, 0.29) is 6.54 Å². The summed E-state index contributed by atoms with van der Waals surface area (Å²) in [7, 11) is -3.90. The number of H-pyrrole nitrogens is 2. The van der Waals surface area contributed by atoms with E-state index in [9.17, 15) is 18.0 Å². The van der Waals surface area contributed by atoms with Crippen LogP contribution in [0.25, 0.3) is 0 Å². The number of rotatable bonds is 4. The monoisotopic (exact) mass is 231 g/mol. The van der Waals surface area contributed by atoms with Crippen molar-refractivity contribution >= 4 is 10.0 Å². The molecule has 0 bridgehead atoms. The first-order chi connectivity index (χ1) is 6.97. The molecule has 82 valence electrons. The molecule has 0 aromatic carbocycles. The van der Waals surface area contributed by atoms with E-state index in [4.69, 9.17) is 0 Å². The van der Waals surface area contributed by atoms with Crippen molar-refractivity contribution in [1.29, 1.82) is 0 Å². The Hall–Kier alpha value is -1.67. The van der Waals surface area contributed by atoms with Gasteiger partial charge in [-0.15, -0.1) is 6.58 Å². The number of aromatic nitrogens is 2. The van der Waals surface area contributed by atoms with Gasteiger partial charge in [-0.25, -0.2) is 17.9 Å². The lowest BCUT2D eigenvalue weighted by Gasteiger charge is -2.01. The molecule has 0 radical (unpaired) electrons. The molecule has 0 aliphatic carbocycles. The maximum Gasteiger partial charge on any atom is 0.325 e. The molecular weight excluding hydrogens is 222 g/mol. The number of nitrogens with one attached hydrogen (secondary N) is 3. The molecule has 3 N–H and O–H groups in total. The molecule has 1 aromatic rings. The Bertz CT molecular complexity index is 568. The SMILES string of the molecule is C=CCNS(=O)(=O)c1c[nH]c(=O)[nH]c1=O. The van der Waals surface area contributed by atoms with E-state index in [1.165, 1.54) is 6.08 Å². The maximum atomic E-state index is 11.4. The van der Waals surface area contributed by atoms with Crippen molar-refractivity contribution in [3.63, 3.8) is 0 Å². The molecule has 1 heterocycles. The van der Waals surface area contributed by atoms with Crippen LogP contribution in [0.1, 0.15) is 0 Å². The zero-order valence-corrected chi connectivity index (χ0v) is 8.43. The highest BCUT2D eigenvalue weighted by Crippen LogP contribution is 1.96. The lowest BCUT2D eigenvalue weighted by atomic mass is 10.7. The fraction of sp³-hybridized carbons (Fsp3) is 0.143. The number of hydrogen-bond donors (Lipinski definition) is 3. The van der Waals surface area contributed by atoms with Crippen LogP contribution in [-0.2, 0) is 10.0 Å². The summed E-state index contributed by atoms with van der Waals surface area (Å²) in [6.07, 6.45) is 2.17. The van der Waals surface area contributed by atoms with Crippen LogP contribution in [-0.4, -0.2) is 24.9 Å². The van der Waals surface area contributed by atoms with Gasteiger partial charge in [0.1, 0.15) is 0 Å². The highest BCUT2D eigenvalue weighted by atomic mass is 32.2. The summed E-state index contributed by atoms with van der Waals surface area (Å²) < 4.78 is 24.9. The molecule has 0 spiro atoms. The van der Waals surface area contributed by atoms with Crippen LogP contribution in [0.4, 0.5) is 0 Å². The van der Waals surface area contributed by atoms with E-state index in [1.807, 2.05) is 4.98 Å².